The number of unbranched alkanes of at least 4 members (excludes halogenated alkanes) is 1. The molecule has 0 saturated carbocycles. The quantitative estimate of drug-likeness (QED) is 0.302. The van der Waals surface area contributed by atoms with Crippen LogP contribution in [0.3, 0.4) is 0 Å². The molecule has 0 heterocycles. The molecule has 0 saturated heterocycles. The van der Waals surface area contributed by atoms with E-state index in [-0.39, 0.29) is 25.1 Å². The topological polar surface area (TPSA) is 90.9 Å². The fourth-order valence-electron chi connectivity index (χ4n) is 1.34. The average molecular weight is 329 g/mol. The maximum Gasteiger partial charge on any atom is 0.407 e. The van der Waals surface area contributed by atoms with Crippen LogP contribution in [0, 0.1) is 0 Å². The summed E-state index contributed by atoms with van der Waals surface area (Å²) in [5.41, 5.74) is -0.573. The van der Waals surface area contributed by atoms with Gasteiger partial charge in [-0.05, 0) is 27.2 Å². The Morgan fingerprint density at radius 2 is 1.74 bits per heavy atom. The molecule has 1 N–H and O–H groups in total. The molecule has 0 aliphatic carbocycles. The minimum absolute atomic E-state index is 0.0174. The Bertz CT molecular complexity index is 425. The summed E-state index contributed by atoms with van der Waals surface area (Å²) in [7, 11) is 0. The van der Waals surface area contributed by atoms with Gasteiger partial charge >= 0.3 is 18.0 Å². The van der Waals surface area contributed by atoms with Crippen molar-refractivity contribution in [3.8, 4) is 0 Å². The molecule has 7 heteroatoms. The van der Waals surface area contributed by atoms with Crippen molar-refractivity contribution in [1.29, 1.82) is 0 Å². The maximum absolute atomic E-state index is 11.6. The van der Waals surface area contributed by atoms with Gasteiger partial charge in [0.15, 0.2) is 0 Å². The number of nitrogens with one attached hydrogen (secondary N) is 1. The highest BCUT2D eigenvalue weighted by Crippen LogP contribution is 2.06. The van der Waals surface area contributed by atoms with E-state index in [1.807, 2.05) is 6.92 Å². The number of esters is 2. The minimum atomic E-state index is -0.691. The number of ether oxygens (including phenoxy) is 3. The van der Waals surface area contributed by atoms with Crippen LogP contribution in [0.1, 0.15) is 47.0 Å². The molecule has 0 radical (unpaired) electrons. The van der Waals surface area contributed by atoms with E-state index in [2.05, 4.69) is 11.9 Å². The Morgan fingerprint density at radius 3 is 2.30 bits per heavy atom. The molecule has 0 spiro atoms. The fraction of sp³-hybridized carbons (Fsp3) is 0.688. The van der Waals surface area contributed by atoms with Gasteiger partial charge in [-0.3, -0.25) is 4.79 Å². The van der Waals surface area contributed by atoms with Crippen LogP contribution in [0.5, 0.6) is 0 Å². The Hall–Kier alpha value is -2.05. The monoisotopic (exact) mass is 329 g/mol. The third-order valence-corrected chi connectivity index (χ3v) is 2.41. The van der Waals surface area contributed by atoms with Gasteiger partial charge < -0.3 is 19.5 Å². The molecular weight excluding hydrogens is 302 g/mol. The lowest BCUT2D eigenvalue weighted by molar-refractivity contribution is -0.146. The zero-order valence-electron chi connectivity index (χ0n) is 14.4. The standard InChI is InChI=1S/C16H27NO6/c1-6-7-9-21-13(18)11-12(2)14(19)22-10-8-17-15(20)23-16(3,4)5/h2,6-11H2,1,3-5H3,(H,17,20). The first-order valence-electron chi connectivity index (χ1n) is 7.63. The van der Waals surface area contributed by atoms with E-state index >= 15 is 0 Å². The number of hydrogen-bond donors (Lipinski definition) is 1. The smallest absolute Gasteiger partial charge is 0.407 e. The first-order chi connectivity index (χ1) is 10.7. The van der Waals surface area contributed by atoms with E-state index in [4.69, 9.17) is 14.2 Å². The van der Waals surface area contributed by atoms with Crippen LogP contribution < -0.4 is 5.32 Å². The highest BCUT2D eigenvalue weighted by Gasteiger charge is 2.16. The van der Waals surface area contributed by atoms with Gasteiger partial charge in [-0.1, -0.05) is 19.9 Å². The summed E-state index contributed by atoms with van der Waals surface area (Å²) in [6.45, 7) is 11.1. The van der Waals surface area contributed by atoms with Crippen LogP contribution in [0.2, 0.25) is 0 Å². The van der Waals surface area contributed by atoms with Crippen LogP contribution in [0.25, 0.3) is 0 Å². The Labute approximate surface area is 137 Å². The van der Waals surface area contributed by atoms with Crippen molar-refractivity contribution in [3.63, 3.8) is 0 Å². The summed E-state index contributed by atoms with van der Waals surface area (Å²) in [5, 5.41) is 2.45. The Morgan fingerprint density at radius 1 is 1.09 bits per heavy atom. The molecule has 132 valence electrons. The molecule has 0 aromatic rings. The lowest BCUT2D eigenvalue weighted by atomic mass is 10.2. The molecular formula is C16H27NO6. The second kappa shape index (κ2) is 10.6. The lowest BCUT2D eigenvalue weighted by Crippen LogP contribution is -2.34. The van der Waals surface area contributed by atoms with Crippen LogP contribution in [0.4, 0.5) is 4.79 Å². The van der Waals surface area contributed by atoms with Gasteiger partial charge in [0.05, 0.1) is 19.6 Å². The summed E-state index contributed by atoms with van der Waals surface area (Å²) >= 11 is 0. The van der Waals surface area contributed by atoms with E-state index in [0.717, 1.165) is 12.8 Å². The molecule has 0 rings (SSSR count). The van der Waals surface area contributed by atoms with Gasteiger partial charge in [0.2, 0.25) is 0 Å². The SMILES string of the molecule is C=C(CC(=O)OCCCC)C(=O)OCCNC(=O)OC(C)(C)C. The van der Waals surface area contributed by atoms with E-state index in [1.54, 1.807) is 20.8 Å². The van der Waals surface area contributed by atoms with Gasteiger partial charge in [-0.2, -0.15) is 0 Å². The van der Waals surface area contributed by atoms with Gasteiger partial charge in [-0.25, -0.2) is 9.59 Å². The second-order valence-corrected chi connectivity index (χ2v) is 5.92. The lowest BCUT2D eigenvalue weighted by Gasteiger charge is -2.19. The molecule has 7 nitrogen and oxygen atoms in total. The molecule has 23 heavy (non-hydrogen) atoms. The number of rotatable bonds is 9. The third kappa shape index (κ3) is 12.2. The number of carbonyl (C=O) groups excluding carboxylic acids is 3. The predicted molar refractivity (Wildman–Crippen MR) is 84.8 cm³/mol. The minimum Gasteiger partial charge on any atom is -0.465 e. The fourth-order valence-corrected chi connectivity index (χ4v) is 1.34. The number of alkyl carbamates (subject to hydrolysis) is 1. The van der Waals surface area contributed by atoms with E-state index in [1.165, 1.54) is 0 Å². The molecule has 0 atom stereocenters. The van der Waals surface area contributed by atoms with E-state index in [0.29, 0.717) is 6.61 Å². The summed E-state index contributed by atoms with van der Waals surface area (Å²) in [4.78, 5) is 34.4. The normalized spacial score (nSPS) is 10.6. The van der Waals surface area contributed by atoms with Gasteiger partial charge in [-0.15, -0.1) is 0 Å². The van der Waals surface area contributed by atoms with Crippen molar-refractivity contribution < 1.29 is 28.6 Å². The molecule has 0 aromatic heterocycles. The van der Waals surface area contributed by atoms with Crippen molar-refractivity contribution in [2.24, 2.45) is 0 Å². The van der Waals surface area contributed by atoms with Crippen molar-refractivity contribution in [3.05, 3.63) is 12.2 Å². The number of amides is 1. The van der Waals surface area contributed by atoms with Gasteiger partial charge in [0, 0.05) is 5.57 Å². The third-order valence-electron chi connectivity index (χ3n) is 2.41. The molecule has 0 aliphatic heterocycles. The van der Waals surface area contributed by atoms with Crippen molar-refractivity contribution in [1.82, 2.24) is 5.32 Å². The number of hydrogen-bond acceptors (Lipinski definition) is 6. The largest absolute Gasteiger partial charge is 0.465 e. The van der Waals surface area contributed by atoms with Crippen LogP contribution >= 0.6 is 0 Å². The van der Waals surface area contributed by atoms with E-state index < -0.39 is 23.6 Å². The Kier molecular flexibility index (Phi) is 9.69. The number of carbonyl (C=O) groups is 3. The Balaban J connectivity index is 3.86. The average Bonchev–Trinajstić information content (AvgIpc) is 2.41. The predicted octanol–water partition coefficient (Wildman–Crippen LogP) is 2.34. The summed E-state index contributed by atoms with van der Waals surface area (Å²) < 4.78 is 14.8. The molecule has 0 fully saturated rings. The molecule has 0 aliphatic rings. The van der Waals surface area contributed by atoms with Crippen molar-refractivity contribution in [2.45, 2.75) is 52.6 Å². The molecule has 0 unspecified atom stereocenters. The first-order valence-corrected chi connectivity index (χ1v) is 7.63. The zero-order valence-corrected chi connectivity index (χ0v) is 14.4. The van der Waals surface area contributed by atoms with Gasteiger partial charge in [0.25, 0.3) is 0 Å². The summed E-state index contributed by atoms with van der Waals surface area (Å²) in [6, 6.07) is 0. The maximum atomic E-state index is 11.6. The first kappa shape index (κ1) is 20.9. The van der Waals surface area contributed by atoms with Crippen LogP contribution in [-0.2, 0) is 23.8 Å². The highest BCUT2D eigenvalue weighted by molar-refractivity contribution is 5.93. The molecule has 1 amide bonds. The van der Waals surface area contributed by atoms with Crippen molar-refractivity contribution >= 4 is 18.0 Å². The summed E-state index contributed by atoms with van der Waals surface area (Å²) in [5.74, 6) is -1.20. The van der Waals surface area contributed by atoms with Crippen LogP contribution in [-0.4, -0.2) is 43.4 Å². The summed E-state index contributed by atoms with van der Waals surface area (Å²) in [6.07, 6.45) is 0.897. The molecule has 0 aromatic carbocycles. The second-order valence-electron chi connectivity index (χ2n) is 5.92. The van der Waals surface area contributed by atoms with Crippen molar-refractivity contribution in [2.75, 3.05) is 19.8 Å². The zero-order chi connectivity index (χ0) is 17.9. The van der Waals surface area contributed by atoms with E-state index in [9.17, 15) is 14.4 Å². The van der Waals surface area contributed by atoms with Crippen LogP contribution in [0.15, 0.2) is 12.2 Å². The molecule has 0 bridgehead atoms. The van der Waals surface area contributed by atoms with Gasteiger partial charge in [0.1, 0.15) is 12.2 Å². The highest BCUT2D eigenvalue weighted by atomic mass is 16.6.